The van der Waals surface area contributed by atoms with Gasteiger partial charge in [-0.25, -0.2) is 4.39 Å². The Morgan fingerprint density at radius 3 is 2.11 bits per heavy atom. The molecule has 6 heteroatoms. The molecule has 3 aromatic rings. The van der Waals surface area contributed by atoms with E-state index in [-0.39, 0.29) is 11.3 Å². The van der Waals surface area contributed by atoms with Gasteiger partial charge in [-0.2, -0.15) is 8.78 Å². The Morgan fingerprint density at radius 2 is 1.48 bits per heavy atom. The van der Waals surface area contributed by atoms with Crippen LogP contribution in [-0.4, -0.2) is 19.8 Å². The molecule has 0 aliphatic rings. The van der Waals surface area contributed by atoms with Gasteiger partial charge in [0.05, 0.1) is 18.8 Å². The summed E-state index contributed by atoms with van der Waals surface area (Å²) in [7, 11) is 0. The molecule has 0 heterocycles. The van der Waals surface area contributed by atoms with Crippen LogP contribution in [0.1, 0.15) is 13.8 Å². The quantitative estimate of drug-likeness (QED) is 0.503. The fraction of sp³-hybridized carbons (Fsp3) is 0.238. The van der Waals surface area contributed by atoms with Gasteiger partial charge in [-0.15, -0.1) is 0 Å². The molecule has 0 amide bonds. The summed E-state index contributed by atoms with van der Waals surface area (Å²) in [5, 5.41) is 0.716. The predicted molar refractivity (Wildman–Crippen MR) is 98.3 cm³/mol. The molecule has 0 spiro atoms. The lowest BCUT2D eigenvalue weighted by molar-refractivity contribution is -0.0494. The van der Waals surface area contributed by atoms with Gasteiger partial charge >= 0.3 is 6.61 Å². The van der Waals surface area contributed by atoms with E-state index in [1.807, 2.05) is 13.8 Å². The van der Waals surface area contributed by atoms with Crippen LogP contribution in [-0.2, 0) is 0 Å². The van der Waals surface area contributed by atoms with Crippen molar-refractivity contribution in [1.29, 1.82) is 0 Å². The Labute approximate surface area is 155 Å². The molecule has 0 unspecified atom stereocenters. The van der Waals surface area contributed by atoms with E-state index in [9.17, 15) is 8.78 Å². The molecular formula is C21H19F3O3. The van der Waals surface area contributed by atoms with Gasteiger partial charge in [0.1, 0.15) is 23.1 Å². The van der Waals surface area contributed by atoms with Crippen molar-refractivity contribution in [1.82, 2.24) is 0 Å². The first-order chi connectivity index (χ1) is 13.0. The smallest absolute Gasteiger partial charge is 0.387 e. The monoisotopic (exact) mass is 376 g/mol. The Kier molecular flexibility index (Phi) is 5.74. The largest absolute Gasteiger partial charge is 0.494 e. The van der Waals surface area contributed by atoms with Crippen molar-refractivity contribution >= 4 is 10.8 Å². The van der Waals surface area contributed by atoms with Crippen LogP contribution in [0.5, 0.6) is 17.2 Å². The van der Waals surface area contributed by atoms with Crippen LogP contribution in [0.15, 0.2) is 48.5 Å². The third-order valence-corrected chi connectivity index (χ3v) is 3.99. The molecule has 0 atom stereocenters. The van der Waals surface area contributed by atoms with Crippen molar-refractivity contribution < 1.29 is 27.4 Å². The second kappa shape index (κ2) is 8.20. The molecule has 0 aliphatic carbocycles. The average molecular weight is 376 g/mol. The van der Waals surface area contributed by atoms with Crippen molar-refractivity contribution in [2.24, 2.45) is 0 Å². The lowest BCUT2D eigenvalue weighted by atomic mass is 9.98. The number of halogens is 3. The second-order valence-electron chi connectivity index (χ2n) is 5.72. The number of hydrogen-bond donors (Lipinski definition) is 0. The summed E-state index contributed by atoms with van der Waals surface area (Å²) in [5.41, 5.74) is 0.400. The number of hydrogen-bond acceptors (Lipinski definition) is 3. The zero-order valence-electron chi connectivity index (χ0n) is 15.0. The van der Waals surface area contributed by atoms with E-state index >= 15 is 4.39 Å². The fourth-order valence-electron chi connectivity index (χ4n) is 2.92. The fourth-order valence-corrected chi connectivity index (χ4v) is 2.92. The third-order valence-electron chi connectivity index (χ3n) is 3.99. The van der Waals surface area contributed by atoms with E-state index in [0.29, 0.717) is 41.0 Å². The van der Waals surface area contributed by atoms with Crippen molar-refractivity contribution in [3.05, 3.63) is 54.3 Å². The SMILES string of the molecule is CCOc1ccc(-c2c(OC(F)F)cc3cc(OCC)ccc3c2F)cc1. The van der Waals surface area contributed by atoms with Crippen molar-refractivity contribution in [2.45, 2.75) is 20.5 Å². The van der Waals surface area contributed by atoms with E-state index in [4.69, 9.17) is 9.47 Å². The standard InChI is InChI=1S/C21H19F3O3/c1-3-25-15-7-5-13(6-8-15)19-18(27-21(23)24)12-14-11-16(26-4-2)9-10-17(14)20(19)22/h5-12,21H,3-4H2,1-2H3. The lowest BCUT2D eigenvalue weighted by Crippen LogP contribution is -2.05. The molecule has 0 N–H and O–H groups in total. The Morgan fingerprint density at radius 1 is 0.852 bits per heavy atom. The van der Waals surface area contributed by atoms with Gasteiger partial charge in [0.15, 0.2) is 0 Å². The highest BCUT2D eigenvalue weighted by molar-refractivity contribution is 5.92. The minimum atomic E-state index is -3.07. The van der Waals surface area contributed by atoms with E-state index in [1.165, 1.54) is 6.07 Å². The summed E-state index contributed by atoms with van der Waals surface area (Å²) in [6, 6.07) is 12.8. The minimum Gasteiger partial charge on any atom is -0.494 e. The molecule has 0 saturated heterocycles. The van der Waals surface area contributed by atoms with Gasteiger partial charge < -0.3 is 14.2 Å². The van der Waals surface area contributed by atoms with Gasteiger partial charge in [0.2, 0.25) is 0 Å². The Hall–Kier alpha value is -2.89. The minimum absolute atomic E-state index is 0.0185. The molecule has 3 aromatic carbocycles. The van der Waals surface area contributed by atoms with Crippen molar-refractivity contribution in [2.75, 3.05) is 13.2 Å². The first-order valence-corrected chi connectivity index (χ1v) is 8.60. The van der Waals surface area contributed by atoms with Gasteiger partial charge in [-0.05, 0) is 61.2 Å². The molecule has 0 aliphatic heterocycles. The van der Waals surface area contributed by atoms with Crippen LogP contribution in [0, 0.1) is 5.82 Å². The maximum absolute atomic E-state index is 15.2. The molecule has 0 radical (unpaired) electrons. The molecule has 0 aromatic heterocycles. The Bertz CT molecular complexity index is 924. The van der Waals surface area contributed by atoms with Crippen molar-refractivity contribution in [3.63, 3.8) is 0 Å². The predicted octanol–water partition coefficient (Wildman–Crippen LogP) is 6.04. The van der Waals surface area contributed by atoms with Gasteiger partial charge in [-0.1, -0.05) is 12.1 Å². The molecule has 0 saturated carbocycles. The van der Waals surface area contributed by atoms with Gasteiger partial charge in [-0.3, -0.25) is 0 Å². The summed E-state index contributed by atoms with van der Waals surface area (Å²) >= 11 is 0. The summed E-state index contributed by atoms with van der Waals surface area (Å²) < 4.78 is 56.5. The molecule has 3 nitrogen and oxygen atoms in total. The van der Waals surface area contributed by atoms with Crippen LogP contribution >= 0.6 is 0 Å². The van der Waals surface area contributed by atoms with E-state index in [2.05, 4.69) is 4.74 Å². The number of benzene rings is 3. The van der Waals surface area contributed by atoms with Crippen LogP contribution in [0.4, 0.5) is 13.2 Å². The van der Waals surface area contributed by atoms with E-state index < -0.39 is 12.4 Å². The first-order valence-electron chi connectivity index (χ1n) is 8.60. The molecule has 0 fully saturated rings. The Balaban J connectivity index is 2.16. The number of alkyl halides is 2. The zero-order chi connectivity index (χ0) is 19.4. The second-order valence-corrected chi connectivity index (χ2v) is 5.72. The third kappa shape index (κ3) is 4.10. The zero-order valence-corrected chi connectivity index (χ0v) is 15.0. The van der Waals surface area contributed by atoms with Crippen LogP contribution in [0.3, 0.4) is 0 Å². The van der Waals surface area contributed by atoms with Gasteiger partial charge in [0.25, 0.3) is 0 Å². The summed E-state index contributed by atoms with van der Waals surface area (Å²) in [6.45, 7) is 1.54. The maximum Gasteiger partial charge on any atom is 0.387 e. The van der Waals surface area contributed by atoms with Crippen molar-refractivity contribution in [3.8, 4) is 28.4 Å². The molecular weight excluding hydrogens is 357 g/mol. The van der Waals surface area contributed by atoms with Crippen LogP contribution in [0.2, 0.25) is 0 Å². The van der Waals surface area contributed by atoms with Crippen LogP contribution < -0.4 is 14.2 Å². The highest BCUT2D eigenvalue weighted by Crippen LogP contribution is 2.39. The summed E-state index contributed by atoms with van der Waals surface area (Å²) in [4.78, 5) is 0. The number of fused-ring (bicyclic) bond motifs is 1. The van der Waals surface area contributed by atoms with Crippen LogP contribution in [0.25, 0.3) is 21.9 Å². The summed E-state index contributed by atoms with van der Waals surface area (Å²) in [6.07, 6.45) is 0. The number of ether oxygens (including phenoxy) is 3. The molecule has 27 heavy (non-hydrogen) atoms. The summed E-state index contributed by atoms with van der Waals surface area (Å²) in [5.74, 6) is 0.282. The molecule has 0 bridgehead atoms. The lowest BCUT2D eigenvalue weighted by Gasteiger charge is -2.15. The van der Waals surface area contributed by atoms with Gasteiger partial charge in [0, 0.05) is 5.39 Å². The molecule has 142 valence electrons. The topological polar surface area (TPSA) is 27.7 Å². The molecule has 3 rings (SSSR count). The average Bonchev–Trinajstić information content (AvgIpc) is 2.63. The number of rotatable bonds is 7. The van der Waals surface area contributed by atoms with E-state index in [0.717, 1.165) is 0 Å². The maximum atomic E-state index is 15.2. The highest BCUT2D eigenvalue weighted by Gasteiger charge is 2.19. The van der Waals surface area contributed by atoms with E-state index in [1.54, 1.807) is 42.5 Å². The normalized spacial score (nSPS) is 11.0. The first kappa shape index (κ1) is 18.9. The highest BCUT2D eigenvalue weighted by atomic mass is 19.3.